The van der Waals surface area contributed by atoms with E-state index in [2.05, 4.69) is 41.2 Å². The van der Waals surface area contributed by atoms with Crippen molar-refractivity contribution in [2.45, 2.75) is 26.9 Å². The molecule has 0 amide bonds. The monoisotopic (exact) mass is 296 g/mol. The molecular weight excluding hydrogens is 276 g/mol. The Hall–Kier alpha value is -2.56. The highest BCUT2D eigenvalue weighted by atomic mass is 16.5. The van der Waals surface area contributed by atoms with Gasteiger partial charge in [-0.15, -0.1) is 0 Å². The fourth-order valence-electron chi connectivity index (χ4n) is 2.51. The second-order valence-corrected chi connectivity index (χ2v) is 5.87. The van der Waals surface area contributed by atoms with Crippen molar-refractivity contribution in [3.8, 4) is 5.75 Å². The van der Waals surface area contributed by atoms with E-state index < -0.39 is 0 Å². The number of fused-ring (bicyclic) bond motifs is 1. The number of ether oxygens (including phenoxy) is 1. The summed E-state index contributed by atoms with van der Waals surface area (Å²) < 4.78 is 5.99. The number of nitrogen functional groups attached to an aromatic ring is 1. The van der Waals surface area contributed by atoms with Gasteiger partial charge in [-0.2, -0.15) is 5.10 Å². The van der Waals surface area contributed by atoms with Crippen molar-refractivity contribution in [2.24, 2.45) is 5.92 Å². The second kappa shape index (κ2) is 6.05. The van der Waals surface area contributed by atoms with Crippen molar-refractivity contribution in [3.63, 3.8) is 0 Å². The summed E-state index contributed by atoms with van der Waals surface area (Å²) in [6.07, 6.45) is 4.50. The molecule has 3 aromatic rings. The number of nitrogens with two attached hydrogens (primary N) is 1. The molecule has 3 rings (SSSR count). The van der Waals surface area contributed by atoms with Gasteiger partial charge >= 0.3 is 0 Å². The van der Waals surface area contributed by atoms with Crippen LogP contribution in [0.25, 0.3) is 10.9 Å². The van der Waals surface area contributed by atoms with Crippen molar-refractivity contribution >= 4 is 16.7 Å². The van der Waals surface area contributed by atoms with Crippen LogP contribution >= 0.6 is 0 Å². The average molecular weight is 296 g/mol. The van der Waals surface area contributed by atoms with Crippen LogP contribution < -0.4 is 10.5 Å². The van der Waals surface area contributed by atoms with Gasteiger partial charge in [0.15, 0.2) is 5.82 Å². The Morgan fingerprint density at radius 3 is 2.68 bits per heavy atom. The summed E-state index contributed by atoms with van der Waals surface area (Å²) in [5, 5.41) is 7.97. The summed E-state index contributed by atoms with van der Waals surface area (Å²) in [4.78, 5) is 4.01. The molecule has 0 aliphatic rings. The molecule has 0 aliphatic carbocycles. The Morgan fingerprint density at radius 1 is 1.18 bits per heavy atom. The molecule has 0 aliphatic heterocycles. The molecule has 0 saturated carbocycles. The van der Waals surface area contributed by atoms with Gasteiger partial charge in [0.25, 0.3) is 0 Å². The lowest BCUT2D eigenvalue weighted by Crippen LogP contribution is -1.99. The number of hydrogen-bond donors (Lipinski definition) is 2. The van der Waals surface area contributed by atoms with Crippen molar-refractivity contribution in [2.75, 3.05) is 5.73 Å². The van der Waals surface area contributed by atoms with Gasteiger partial charge < -0.3 is 10.5 Å². The Kier molecular flexibility index (Phi) is 3.96. The van der Waals surface area contributed by atoms with Gasteiger partial charge in [-0.3, -0.25) is 10.1 Å². The topological polar surface area (TPSA) is 76.8 Å². The van der Waals surface area contributed by atoms with Gasteiger partial charge in [-0.1, -0.05) is 13.8 Å². The quantitative estimate of drug-likeness (QED) is 0.757. The lowest BCUT2D eigenvalue weighted by atomic mass is 10.0. The Labute approximate surface area is 129 Å². The van der Waals surface area contributed by atoms with E-state index in [1.165, 1.54) is 5.56 Å². The molecule has 1 aromatic carbocycles. The van der Waals surface area contributed by atoms with E-state index in [1.807, 2.05) is 12.1 Å². The first-order valence-corrected chi connectivity index (χ1v) is 7.41. The summed E-state index contributed by atoms with van der Waals surface area (Å²) in [6, 6.07) is 8.04. The summed E-state index contributed by atoms with van der Waals surface area (Å²) in [7, 11) is 0. The zero-order chi connectivity index (χ0) is 15.5. The predicted octanol–water partition coefficient (Wildman–Crippen LogP) is 3.32. The molecule has 5 nitrogen and oxygen atoms in total. The lowest BCUT2D eigenvalue weighted by molar-refractivity contribution is 0.309. The minimum absolute atomic E-state index is 0.488. The standard InChI is InChI=1S/C17H20N4O/c1-11(2)7-13-8-14-16(20-21-17(14)18)15(9-13)22-10-12-3-5-19-6-4-12/h3-6,8-9,11H,7,10H2,1-2H3,(H3,18,20,21). The van der Waals surface area contributed by atoms with E-state index in [9.17, 15) is 0 Å². The molecule has 0 unspecified atom stereocenters. The normalized spacial score (nSPS) is 11.2. The molecule has 0 bridgehead atoms. The number of rotatable bonds is 5. The Bertz CT molecular complexity index is 765. The van der Waals surface area contributed by atoms with Gasteiger partial charge in [0.1, 0.15) is 17.9 Å². The van der Waals surface area contributed by atoms with Crippen LogP contribution in [0.2, 0.25) is 0 Å². The van der Waals surface area contributed by atoms with E-state index in [-0.39, 0.29) is 0 Å². The lowest BCUT2D eigenvalue weighted by Gasteiger charge is -2.11. The minimum atomic E-state index is 0.488. The molecule has 22 heavy (non-hydrogen) atoms. The van der Waals surface area contributed by atoms with Crippen molar-refractivity contribution in [3.05, 3.63) is 47.8 Å². The highest BCUT2D eigenvalue weighted by molar-refractivity contribution is 5.93. The maximum absolute atomic E-state index is 5.99. The molecule has 3 N–H and O–H groups in total. The molecule has 0 fully saturated rings. The van der Waals surface area contributed by atoms with E-state index in [0.29, 0.717) is 18.3 Å². The summed E-state index contributed by atoms with van der Waals surface area (Å²) >= 11 is 0. The average Bonchev–Trinajstić information content (AvgIpc) is 2.87. The van der Waals surface area contributed by atoms with Gasteiger partial charge in [0.05, 0.1) is 0 Å². The van der Waals surface area contributed by atoms with Gasteiger partial charge in [0, 0.05) is 17.8 Å². The number of aromatic amines is 1. The zero-order valence-corrected chi connectivity index (χ0v) is 12.8. The first-order valence-electron chi connectivity index (χ1n) is 7.41. The molecule has 0 saturated heterocycles. The maximum Gasteiger partial charge on any atom is 0.153 e. The number of pyridine rings is 1. The van der Waals surface area contributed by atoms with Crippen LogP contribution in [0.1, 0.15) is 25.0 Å². The van der Waals surface area contributed by atoms with E-state index in [0.717, 1.165) is 28.6 Å². The summed E-state index contributed by atoms with van der Waals surface area (Å²) in [5.41, 5.74) is 9.07. The van der Waals surface area contributed by atoms with Crippen LogP contribution in [0.15, 0.2) is 36.7 Å². The molecular formula is C17H20N4O. The van der Waals surface area contributed by atoms with Crippen LogP contribution in [0.3, 0.4) is 0 Å². The first-order chi connectivity index (χ1) is 10.6. The SMILES string of the molecule is CC(C)Cc1cc(OCc2ccncc2)c2[nH]nc(N)c2c1. The molecule has 0 spiro atoms. The van der Waals surface area contributed by atoms with Crippen LogP contribution in [0, 0.1) is 5.92 Å². The number of anilines is 1. The maximum atomic E-state index is 5.99. The number of nitrogens with one attached hydrogen (secondary N) is 1. The van der Waals surface area contributed by atoms with Crippen LogP contribution in [0.5, 0.6) is 5.75 Å². The number of hydrogen-bond acceptors (Lipinski definition) is 4. The highest BCUT2D eigenvalue weighted by Gasteiger charge is 2.12. The molecule has 2 heterocycles. The van der Waals surface area contributed by atoms with Gasteiger partial charge in [0.2, 0.25) is 0 Å². The van der Waals surface area contributed by atoms with Crippen LogP contribution in [-0.4, -0.2) is 15.2 Å². The molecule has 114 valence electrons. The summed E-state index contributed by atoms with van der Waals surface area (Å²) in [5.74, 6) is 1.86. The fraction of sp³-hybridized carbons (Fsp3) is 0.294. The van der Waals surface area contributed by atoms with Crippen LogP contribution in [0.4, 0.5) is 5.82 Å². The number of aromatic nitrogens is 3. The smallest absolute Gasteiger partial charge is 0.153 e. The van der Waals surface area contributed by atoms with E-state index >= 15 is 0 Å². The van der Waals surface area contributed by atoms with Crippen LogP contribution in [-0.2, 0) is 13.0 Å². The molecule has 2 aromatic heterocycles. The third-order valence-electron chi connectivity index (χ3n) is 3.51. The van der Waals surface area contributed by atoms with Crippen molar-refractivity contribution in [1.82, 2.24) is 15.2 Å². The number of nitrogens with zero attached hydrogens (tertiary/aromatic N) is 2. The van der Waals surface area contributed by atoms with Gasteiger partial charge in [-0.25, -0.2) is 0 Å². The third-order valence-corrected chi connectivity index (χ3v) is 3.51. The zero-order valence-electron chi connectivity index (χ0n) is 12.8. The fourth-order valence-corrected chi connectivity index (χ4v) is 2.51. The predicted molar refractivity (Wildman–Crippen MR) is 87.6 cm³/mol. The summed E-state index contributed by atoms with van der Waals surface area (Å²) in [6.45, 7) is 4.88. The highest BCUT2D eigenvalue weighted by Crippen LogP contribution is 2.30. The van der Waals surface area contributed by atoms with Crippen molar-refractivity contribution < 1.29 is 4.74 Å². The van der Waals surface area contributed by atoms with E-state index in [1.54, 1.807) is 12.4 Å². The number of benzene rings is 1. The Balaban J connectivity index is 1.92. The molecule has 5 heteroatoms. The second-order valence-electron chi connectivity index (χ2n) is 5.87. The van der Waals surface area contributed by atoms with Crippen molar-refractivity contribution in [1.29, 1.82) is 0 Å². The molecule has 0 atom stereocenters. The Morgan fingerprint density at radius 2 is 1.95 bits per heavy atom. The third kappa shape index (κ3) is 3.03. The first kappa shape index (κ1) is 14.4. The minimum Gasteiger partial charge on any atom is -0.487 e. The van der Waals surface area contributed by atoms with Gasteiger partial charge in [-0.05, 0) is 47.7 Å². The largest absolute Gasteiger partial charge is 0.487 e. The molecule has 0 radical (unpaired) electrons. The van der Waals surface area contributed by atoms with E-state index in [4.69, 9.17) is 10.5 Å². The number of H-pyrrole nitrogens is 1.